The summed E-state index contributed by atoms with van der Waals surface area (Å²) in [6, 6.07) is 105. The molecule has 0 saturated heterocycles. The first-order chi connectivity index (χ1) is 72.7. The van der Waals surface area contributed by atoms with Crippen molar-refractivity contribution in [3.8, 4) is 55.6 Å². The summed E-state index contributed by atoms with van der Waals surface area (Å²) in [7, 11) is 0. The SMILES string of the molecule is Cc1cc(=O)oc2c1ccc1oc(C(=O)c3ccccc3)c(-c3ccc(Cl)cc3)c12.Cc1cc(=O)oc2c1ccc1oc(C(=O)c3ccccc3)c(-c3ccc(F)cc3)c12.Cc1cc(=O)oc2c1ccc1oc(C(=O)c3ccccc3)c(-c3cccc(Cl)c3)c12.Cc1cc(=O)oc2c1ccc1oc(C(=O)c3ccccc3)c(-c3ccccc3Br)c12.Cc1cc(=O)oc2c1ccc1oc(C(=O)c3ccccc3)c(-c3ccccc3Cl)c12. The fourth-order valence-electron chi connectivity index (χ4n) is 18.8. The predicted molar refractivity (Wildman–Crippen MR) is 584 cm³/mol. The van der Waals surface area contributed by atoms with Crippen molar-refractivity contribution in [1.29, 1.82) is 0 Å². The first kappa shape index (κ1) is 97.7. The van der Waals surface area contributed by atoms with Crippen LogP contribution in [0.2, 0.25) is 15.1 Å². The lowest BCUT2D eigenvalue weighted by Crippen LogP contribution is -2.01. The molecule has 25 rings (SSSR count). The smallest absolute Gasteiger partial charge is 0.336 e. The third kappa shape index (κ3) is 18.7. The van der Waals surface area contributed by atoms with E-state index < -0.39 is 33.9 Å². The molecule has 150 heavy (non-hydrogen) atoms. The van der Waals surface area contributed by atoms with Gasteiger partial charge >= 0.3 is 28.1 Å². The molecular weight excluding hydrogens is 2030 g/mol. The van der Waals surface area contributed by atoms with E-state index >= 15 is 0 Å². The number of furan rings is 5. The van der Waals surface area contributed by atoms with Crippen molar-refractivity contribution in [2.24, 2.45) is 0 Å². The van der Waals surface area contributed by atoms with Crippen LogP contribution in [0.4, 0.5) is 4.39 Å². The third-order valence-corrected chi connectivity index (χ3v) is 27.2. The number of ketones is 5. The maximum absolute atomic E-state index is 13.6. The Morgan fingerprint density at radius 2 is 0.487 bits per heavy atom. The van der Waals surface area contributed by atoms with Gasteiger partial charge in [-0.3, -0.25) is 24.0 Å². The summed E-state index contributed by atoms with van der Waals surface area (Å²) in [5, 5.41) is 8.31. The van der Waals surface area contributed by atoms with E-state index in [1.165, 1.54) is 42.5 Å². The van der Waals surface area contributed by atoms with Crippen molar-refractivity contribution < 1.29 is 72.5 Å². The largest absolute Gasteiger partial charge is 0.452 e. The van der Waals surface area contributed by atoms with Crippen LogP contribution in [0.15, 0.2) is 437 Å². The first-order valence-corrected chi connectivity index (χ1v) is 48.9. The van der Waals surface area contributed by atoms with E-state index in [1.807, 2.05) is 168 Å². The molecule has 0 fully saturated rings. The Hall–Kier alpha value is -18.3. The lowest BCUT2D eigenvalue weighted by molar-refractivity contribution is 0.100. The third-order valence-electron chi connectivity index (χ3n) is 25.7. The van der Waals surface area contributed by atoms with Crippen molar-refractivity contribution in [2.75, 3.05) is 0 Å². The average molecular weight is 2100 g/mol. The molecule has 0 bridgehead atoms. The van der Waals surface area contributed by atoms with Gasteiger partial charge in [0, 0.05) is 144 Å². The van der Waals surface area contributed by atoms with Gasteiger partial charge in [0.1, 0.15) is 61.6 Å². The molecule has 0 N–H and O–H groups in total. The molecule has 730 valence electrons. The summed E-state index contributed by atoms with van der Waals surface area (Å²) in [5.41, 5.74) is 14.5. The minimum Gasteiger partial charge on any atom is -0.452 e. The Morgan fingerprint density at radius 3 is 0.780 bits per heavy atom. The lowest BCUT2D eigenvalue weighted by atomic mass is 9.96. The molecule has 0 atom stereocenters. The molecular formula is C125H75BrCl3FO20. The van der Waals surface area contributed by atoms with Crippen molar-refractivity contribution in [3.05, 3.63) is 526 Å². The zero-order valence-corrected chi connectivity index (χ0v) is 83.5. The number of benzene rings is 15. The molecule has 0 unspecified atom stereocenters. The highest BCUT2D eigenvalue weighted by Gasteiger charge is 2.34. The normalized spacial score (nSPS) is 11.3. The van der Waals surface area contributed by atoms with Gasteiger partial charge in [-0.25, -0.2) is 28.4 Å². The maximum Gasteiger partial charge on any atom is 0.336 e. The van der Waals surface area contributed by atoms with Crippen LogP contribution in [-0.2, 0) is 0 Å². The average Bonchev–Trinajstić information content (AvgIpc) is 1.59. The summed E-state index contributed by atoms with van der Waals surface area (Å²) < 4.78 is 72.5. The highest BCUT2D eigenvalue weighted by molar-refractivity contribution is 9.10. The Morgan fingerprint density at radius 1 is 0.233 bits per heavy atom. The first-order valence-electron chi connectivity index (χ1n) is 46.9. The van der Waals surface area contributed by atoms with E-state index in [9.17, 15) is 52.3 Å². The van der Waals surface area contributed by atoms with E-state index in [4.69, 9.17) is 79.0 Å². The molecule has 10 heterocycles. The Balaban J connectivity index is 0.000000109. The Kier molecular flexibility index (Phi) is 26.7. The second kappa shape index (κ2) is 40.9. The van der Waals surface area contributed by atoms with Gasteiger partial charge < -0.3 is 44.2 Å². The van der Waals surface area contributed by atoms with E-state index in [2.05, 4.69) is 15.9 Å². The molecule has 0 amide bonds. The van der Waals surface area contributed by atoms with Crippen LogP contribution in [0.3, 0.4) is 0 Å². The van der Waals surface area contributed by atoms with Crippen molar-refractivity contribution >= 4 is 189 Å². The molecule has 0 saturated carbocycles. The molecule has 0 aliphatic carbocycles. The van der Waals surface area contributed by atoms with Crippen LogP contribution in [0, 0.1) is 40.4 Å². The van der Waals surface area contributed by atoms with Gasteiger partial charge in [-0.2, -0.15) is 0 Å². The van der Waals surface area contributed by atoms with E-state index in [0.29, 0.717) is 170 Å². The zero-order valence-electron chi connectivity index (χ0n) is 79.7. The molecule has 0 radical (unpaired) electrons. The van der Waals surface area contributed by atoms with Crippen LogP contribution >= 0.6 is 50.7 Å². The number of aryl methyl sites for hydroxylation is 5. The molecule has 25 aromatic rings. The number of carbonyl (C=O) groups is 5. The van der Waals surface area contributed by atoms with Gasteiger partial charge in [-0.15, -0.1) is 0 Å². The Bertz CT molecular complexity index is 9650. The Labute approximate surface area is 871 Å². The summed E-state index contributed by atoms with van der Waals surface area (Å²) >= 11 is 22.4. The molecule has 0 spiro atoms. The molecule has 25 heteroatoms. The van der Waals surface area contributed by atoms with Gasteiger partial charge in [-0.1, -0.05) is 275 Å². The zero-order chi connectivity index (χ0) is 104. The molecule has 10 aromatic heterocycles. The second-order valence-corrected chi connectivity index (χ2v) is 37.4. The summed E-state index contributed by atoms with van der Waals surface area (Å²) in [4.78, 5) is 127. The number of hydrogen-bond donors (Lipinski definition) is 0. The van der Waals surface area contributed by atoms with Crippen LogP contribution in [-0.4, -0.2) is 28.9 Å². The minimum atomic E-state index is -0.491. The second-order valence-electron chi connectivity index (χ2n) is 35.3. The van der Waals surface area contributed by atoms with Crippen molar-refractivity contribution in [1.82, 2.24) is 0 Å². The maximum atomic E-state index is 13.6. The topological polar surface area (TPSA) is 302 Å². The fourth-order valence-corrected chi connectivity index (χ4v) is 19.8. The van der Waals surface area contributed by atoms with Crippen LogP contribution in [0.25, 0.3) is 165 Å². The minimum absolute atomic E-state index is 0.111. The van der Waals surface area contributed by atoms with Gasteiger partial charge in [0.15, 0.2) is 28.8 Å². The van der Waals surface area contributed by atoms with Gasteiger partial charge in [0.05, 0.1) is 26.9 Å². The standard InChI is InChI=1S/C25H15BrO4.3C25H15ClO4.C25H15FO4/c2*1-14-13-20(27)30-24-16(14)11-12-19-22(24)21(17-9-5-6-10-18(17)26)25(29-19)23(28)15-7-3-2-4-8-15;1-14-12-20(27)30-24-18(14)10-11-19-22(24)21(16-8-5-9-17(26)13-16)25(29-19)23(28)15-6-3-2-4-7-15;2*1-14-13-20(27)30-24-18(14)11-12-19-22(24)21(15-7-9-17(26)10-8-15)25(29-19)23(28)16-5-3-2-4-6-16/h5*2-13H,1H3. The van der Waals surface area contributed by atoms with Gasteiger partial charge in [-0.05, 0) is 188 Å². The van der Waals surface area contributed by atoms with Crippen LogP contribution in [0.1, 0.15) is 108 Å². The number of halogens is 5. The number of carbonyl (C=O) groups excluding carboxylic acids is 5. The van der Waals surface area contributed by atoms with Crippen LogP contribution in [0.5, 0.6) is 0 Å². The highest BCUT2D eigenvalue weighted by Crippen LogP contribution is 2.49. The van der Waals surface area contributed by atoms with E-state index in [1.54, 1.807) is 188 Å². The molecule has 0 aliphatic heterocycles. The van der Waals surface area contributed by atoms with Crippen LogP contribution < -0.4 is 28.1 Å². The number of rotatable bonds is 15. The molecule has 20 nitrogen and oxygen atoms in total. The van der Waals surface area contributed by atoms with Gasteiger partial charge in [0.25, 0.3) is 0 Å². The fraction of sp³-hybridized carbons (Fsp3) is 0.0400. The number of hydrogen-bond acceptors (Lipinski definition) is 20. The van der Waals surface area contributed by atoms with Gasteiger partial charge in [0.2, 0.25) is 28.9 Å². The lowest BCUT2D eigenvalue weighted by Gasteiger charge is -2.07. The highest BCUT2D eigenvalue weighted by atomic mass is 79.9. The van der Waals surface area contributed by atoms with E-state index in [-0.39, 0.29) is 57.7 Å². The quantitative estimate of drug-likeness (QED) is 0.0680. The summed E-state index contributed by atoms with van der Waals surface area (Å²) in [5.74, 6) is -0.884. The summed E-state index contributed by atoms with van der Waals surface area (Å²) in [6.07, 6.45) is 0. The summed E-state index contributed by atoms with van der Waals surface area (Å²) in [6.45, 7) is 9.22. The molecule has 0 aliphatic rings. The molecule has 15 aromatic carbocycles. The monoisotopic (exact) mass is 2100 g/mol. The van der Waals surface area contributed by atoms with Crippen molar-refractivity contribution in [3.63, 3.8) is 0 Å². The van der Waals surface area contributed by atoms with E-state index in [0.717, 1.165) is 70.3 Å². The van der Waals surface area contributed by atoms with Crippen molar-refractivity contribution in [2.45, 2.75) is 34.6 Å². The predicted octanol–water partition coefficient (Wildman–Crippen LogP) is 31.6. The number of fused-ring (bicyclic) bond motifs is 15.